The second-order valence-electron chi connectivity index (χ2n) is 7.61. The molecule has 0 radical (unpaired) electrons. The van der Waals surface area contributed by atoms with Crippen LogP contribution >= 0.6 is 23.3 Å². The Morgan fingerprint density at radius 1 is 1.44 bits per heavy atom. The fourth-order valence-corrected chi connectivity index (χ4v) is 5.71. The first kappa shape index (κ1) is 23.5. The highest BCUT2D eigenvalue weighted by Gasteiger charge is 2.53. The molecule has 15 nitrogen and oxygen atoms in total. The first-order chi connectivity index (χ1) is 17.3. The van der Waals surface area contributed by atoms with Gasteiger partial charge in [-0.05, 0) is 5.10 Å². The molecule has 0 aliphatic carbocycles. The predicted octanol–water partition coefficient (Wildman–Crippen LogP) is -2.65. The number of anilines is 1. The van der Waals surface area contributed by atoms with Crippen molar-refractivity contribution in [3.8, 4) is 5.88 Å². The molecule has 0 spiro atoms. The molecule has 2 aliphatic rings. The molecule has 2 atom stereocenters. The number of carbonyl (C=O) groups is 3. The minimum atomic E-state index is -1.50. The van der Waals surface area contributed by atoms with Crippen LogP contribution in [0.25, 0.3) is 5.65 Å². The first-order valence-corrected chi connectivity index (χ1v) is 12.1. The molecule has 5 heterocycles. The molecule has 2 amide bonds. The molecule has 5 rings (SSSR count). The molecule has 2 aliphatic heterocycles. The van der Waals surface area contributed by atoms with E-state index >= 15 is 0 Å². The number of carbonyl (C=O) groups excluding carboxylic acids is 3. The molecule has 0 saturated carbocycles. The number of carboxylic acid groups (broad SMARTS) is 1. The molecule has 17 heteroatoms. The monoisotopic (exact) mass is 531 g/mol. The summed E-state index contributed by atoms with van der Waals surface area (Å²) in [5.41, 5.74) is 5.88. The number of carboxylic acids is 1. The van der Waals surface area contributed by atoms with Crippen LogP contribution in [-0.4, -0.2) is 76.9 Å². The van der Waals surface area contributed by atoms with Gasteiger partial charge in [0.15, 0.2) is 11.3 Å². The van der Waals surface area contributed by atoms with Gasteiger partial charge in [-0.25, -0.2) is 4.57 Å². The second kappa shape index (κ2) is 9.08. The zero-order chi connectivity index (χ0) is 25.6. The van der Waals surface area contributed by atoms with Gasteiger partial charge in [-0.2, -0.15) is 9.36 Å². The molecule has 4 N–H and O–H groups in total. The van der Waals surface area contributed by atoms with E-state index in [1.807, 2.05) is 0 Å². The van der Waals surface area contributed by atoms with Gasteiger partial charge in [0.2, 0.25) is 11.5 Å². The predicted molar refractivity (Wildman–Crippen MR) is 122 cm³/mol. The van der Waals surface area contributed by atoms with Crippen molar-refractivity contribution in [3.63, 3.8) is 0 Å². The van der Waals surface area contributed by atoms with Crippen molar-refractivity contribution in [2.75, 3.05) is 18.6 Å². The topological polar surface area (TPSA) is 204 Å². The number of aliphatic carboxylic acids is 1. The van der Waals surface area contributed by atoms with E-state index in [9.17, 15) is 24.7 Å². The number of ether oxygens (including phenoxy) is 1. The number of aromatic nitrogens is 5. The van der Waals surface area contributed by atoms with Crippen LogP contribution in [0.3, 0.4) is 0 Å². The summed E-state index contributed by atoms with van der Waals surface area (Å²) in [4.78, 5) is 42.5. The molecule has 1 saturated heterocycles. The normalized spacial score (nSPS) is 19.8. The highest BCUT2D eigenvalue weighted by molar-refractivity contribution is 8.00. The van der Waals surface area contributed by atoms with Gasteiger partial charge in [-0.3, -0.25) is 14.5 Å². The van der Waals surface area contributed by atoms with Crippen molar-refractivity contribution in [3.05, 3.63) is 41.6 Å². The summed E-state index contributed by atoms with van der Waals surface area (Å²) in [7, 11) is 1.50. The molecular formula is C19H17N9O6S2. The minimum Gasteiger partial charge on any atom is -0.543 e. The van der Waals surface area contributed by atoms with Crippen molar-refractivity contribution >= 4 is 57.6 Å². The number of hydrogen-bond donors (Lipinski definition) is 3. The fraction of sp³-hybridized carbons (Fsp3) is 0.263. The lowest BCUT2D eigenvalue weighted by molar-refractivity contribution is -0.662. The van der Waals surface area contributed by atoms with Gasteiger partial charge in [0, 0.05) is 35.0 Å². The van der Waals surface area contributed by atoms with E-state index in [1.165, 1.54) is 18.9 Å². The maximum Gasteiger partial charge on any atom is 0.307 e. The zero-order valence-corrected chi connectivity index (χ0v) is 20.0. The molecule has 186 valence electrons. The maximum absolute atomic E-state index is 12.9. The van der Waals surface area contributed by atoms with Crippen LogP contribution in [0.15, 0.2) is 41.0 Å². The van der Waals surface area contributed by atoms with Crippen molar-refractivity contribution < 1.29 is 34.0 Å². The summed E-state index contributed by atoms with van der Waals surface area (Å²) in [6.45, 7) is 0.173. The van der Waals surface area contributed by atoms with Gasteiger partial charge in [-0.1, -0.05) is 9.67 Å². The number of nitrogens with zero attached hydrogens (tertiary/aromatic N) is 7. The molecular weight excluding hydrogens is 514 g/mol. The Kier molecular flexibility index (Phi) is 5.92. The summed E-state index contributed by atoms with van der Waals surface area (Å²) in [6.07, 6.45) is 3.43. The summed E-state index contributed by atoms with van der Waals surface area (Å²) in [6, 6.07) is 2.40. The molecule has 0 aromatic carbocycles. The van der Waals surface area contributed by atoms with Crippen LogP contribution in [0.5, 0.6) is 5.88 Å². The number of methoxy groups -OCH3 is 1. The standard InChI is InChI=1S/C19H17N9O6S2/c1-34-9-2-3-10-26(4-5-27(10)23-9)6-8-7-35-17-12(16(30)28(17)13(8)18(31)32)21-15(29)11(24-33)14-22-19(20)36-25-14/h2-5,12,17H,6-7H2,1H3,(H4-,20,21,22,25,29,31,32,33)/t12-,17-/m1/s1. The van der Waals surface area contributed by atoms with Crippen molar-refractivity contribution in [2.45, 2.75) is 18.0 Å². The van der Waals surface area contributed by atoms with Gasteiger partial charge in [0.05, 0.1) is 18.8 Å². The van der Waals surface area contributed by atoms with Crippen LogP contribution in [0, 0.1) is 0 Å². The van der Waals surface area contributed by atoms with Crippen molar-refractivity contribution in [1.82, 2.24) is 29.2 Å². The average molecular weight is 532 g/mol. The van der Waals surface area contributed by atoms with E-state index in [0.717, 1.165) is 16.4 Å². The van der Waals surface area contributed by atoms with Crippen LogP contribution in [0.2, 0.25) is 0 Å². The summed E-state index contributed by atoms with van der Waals surface area (Å²) in [5, 5.41) is 30.3. The lowest BCUT2D eigenvalue weighted by Gasteiger charge is -2.50. The largest absolute Gasteiger partial charge is 0.543 e. The van der Waals surface area contributed by atoms with E-state index in [0.29, 0.717) is 17.1 Å². The maximum atomic E-state index is 12.9. The van der Waals surface area contributed by atoms with Crippen molar-refractivity contribution in [2.24, 2.45) is 5.16 Å². The van der Waals surface area contributed by atoms with E-state index in [1.54, 1.807) is 33.6 Å². The summed E-state index contributed by atoms with van der Waals surface area (Å²) < 4.78 is 12.3. The van der Waals surface area contributed by atoms with E-state index < -0.39 is 34.9 Å². The number of nitrogens with two attached hydrogens (primary N) is 1. The van der Waals surface area contributed by atoms with E-state index in [2.05, 4.69) is 24.9 Å². The third kappa shape index (κ3) is 3.87. The van der Waals surface area contributed by atoms with Crippen LogP contribution in [0.4, 0.5) is 5.13 Å². The number of β-lactam (4-membered cyclic amide) rings is 1. The fourth-order valence-electron chi connectivity index (χ4n) is 3.94. The first-order valence-electron chi connectivity index (χ1n) is 10.2. The van der Waals surface area contributed by atoms with Crippen LogP contribution < -0.4 is 25.5 Å². The van der Waals surface area contributed by atoms with E-state index in [-0.39, 0.29) is 29.0 Å². The smallest absolute Gasteiger partial charge is 0.307 e. The number of nitrogens with one attached hydrogen (secondary N) is 1. The Morgan fingerprint density at radius 3 is 2.92 bits per heavy atom. The van der Waals surface area contributed by atoms with Crippen molar-refractivity contribution in [1.29, 1.82) is 0 Å². The Bertz CT molecular complexity index is 1460. The Balaban J connectivity index is 1.36. The second-order valence-corrected chi connectivity index (χ2v) is 9.50. The van der Waals surface area contributed by atoms with Gasteiger partial charge in [-0.15, -0.1) is 11.8 Å². The number of fused-ring (bicyclic) bond motifs is 2. The Hall–Kier alpha value is -4.25. The Morgan fingerprint density at radius 2 is 2.25 bits per heavy atom. The Labute approximate surface area is 210 Å². The highest BCUT2D eigenvalue weighted by Crippen LogP contribution is 2.40. The molecule has 0 bridgehead atoms. The molecule has 36 heavy (non-hydrogen) atoms. The number of rotatable bonds is 7. The minimum absolute atomic E-state index is 0.0627. The molecule has 1 fully saturated rings. The SMILES string of the molecule is COc1ccc2n(cc[n+]2CC2=C(C(=O)[O-])N3C(=O)[C@@H](NC(=O)/C(=N/O)c4nsc(N)n4)[C@H]3SC2)n1. The van der Waals surface area contributed by atoms with Crippen LogP contribution in [0.1, 0.15) is 5.82 Å². The molecule has 3 aromatic rings. The number of thioether (sulfide) groups is 1. The quantitative estimate of drug-likeness (QED) is 0.0944. The van der Waals surface area contributed by atoms with Gasteiger partial charge >= 0.3 is 5.65 Å². The highest BCUT2D eigenvalue weighted by atomic mass is 32.2. The number of nitrogen functional groups attached to an aromatic ring is 1. The number of imidazole rings is 1. The van der Waals surface area contributed by atoms with Gasteiger partial charge in [0.1, 0.15) is 24.2 Å². The summed E-state index contributed by atoms with van der Waals surface area (Å²) in [5.74, 6) is -2.56. The third-order valence-electron chi connectivity index (χ3n) is 5.56. The third-order valence-corrected chi connectivity index (χ3v) is 7.45. The van der Waals surface area contributed by atoms with Crippen LogP contribution in [-0.2, 0) is 20.9 Å². The zero-order valence-electron chi connectivity index (χ0n) is 18.4. The molecule has 3 aromatic heterocycles. The lowest BCUT2D eigenvalue weighted by atomic mass is 10.0. The van der Waals surface area contributed by atoms with Gasteiger partial charge in [0.25, 0.3) is 17.7 Å². The molecule has 0 unspecified atom stereocenters. The van der Waals surface area contributed by atoms with E-state index in [4.69, 9.17) is 10.5 Å². The number of amides is 2. The van der Waals surface area contributed by atoms with Gasteiger partial charge < -0.3 is 30.9 Å². The lowest BCUT2D eigenvalue weighted by Crippen LogP contribution is -2.71. The average Bonchev–Trinajstić information content (AvgIpc) is 3.48. The number of hydrogen-bond acceptors (Lipinski definition) is 13. The number of oxime groups is 1. The summed E-state index contributed by atoms with van der Waals surface area (Å²) >= 11 is 2.09.